The predicted octanol–water partition coefficient (Wildman–Crippen LogP) is 7.35. The van der Waals surface area contributed by atoms with Crippen LogP contribution in [0.4, 0.5) is 15.9 Å². The number of methoxy groups -OCH3 is 1. The van der Waals surface area contributed by atoms with Gasteiger partial charge in [-0.15, -0.1) is 11.3 Å². The van der Waals surface area contributed by atoms with Crippen molar-refractivity contribution >= 4 is 67.3 Å². The van der Waals surface area contributed by atoms with Gasteiger partial charge in [-0.1, -0.05) is 35.5 Å². The van der Waals surface area contributed by atoms with Crippen LogP contribution < -0.4 is 14.8 Å². The Morgan fingerprint density at radius 3 is 2.77 bits per heavy atom. The van der Waals surface area contributed by atoms with Crippen molar-refractivity contribution in [3.05, 3.63) is 71.8 Å². The molecule has 10 heteroatoms. The van der Waals surface area contributed by atoms with Crippen molar-refractivity contribution in [2.75, 3.05) is 24.8 Å². The van der Waals surface area contributed by atoms with Gasteiger partial charge >= 0.3 is 0 Å². The van der Waals surface area contributed by atoms with Crippen molar-refractivity contribution in [1.82, 2.24) is 15.0 Å². The number of nitrogens with zero attached hydrogens (tertiary/aromatic N) is 3. The number of ether oxygens (including phenoxy) is 2. The molecule has 5 rings (SSSR count). The van der Waals surface area contributed by atoms with Gasteiger partial charge in [-0.2, -0.15) is 0 Å². The van der Waals surface area contributed by atoms with E-state index in [2.05, 4.69) is 26.3 Å². The summed E-state index contributed by atoms with van der Waals surface area (Å²) in [5, 5.41) is 3.95. The predicted molar refractivity (Wildman–Crippen MR) is 141 cm³/mol. The lowest BCUT2D eigenvalue weighted by atomic mass is 10.2. The van der Waals surface area contributed by atoms with Crippen LogP contribution in [0.3, 0.4) is 0 Å². The zero-order valence-corrected chi connectivity index (χ0v) is 21.0. The van der Waals surface area contributed by atoms with Gasteiger partial charge in [0.25, 0.3) is 0 Å². The van der Waals surface area contributed by atoms with E-state index in [9.17, 15) is 4.39 Å². The summed E-state index contributed by atoms with van der Waals surface area (Å²) >= 11 is 9.35. The highest BCUT2D eigenvalue weighted by molar-refractivity contribution is 8.01. The molecule has 2 heterocycles. The quantitative estimate of drug-likeness (QED) is 0.159. The Labute approximate surface area is 214 Å². The smallest absolute Gasteiger partial charge is 0.162 e. The molecule has 0 unspecified atom stereocenters. The minimum absolute atomic E-state index is 0.0303. The number of nitrogens with one attached hydrogen (secondary N) is 1. The summed E-state index contributed by atoms with van der Waals surface area (Å²) in [7, 11) is 1.60. The summed E-state index contributed by atoms with van der Waals surface area (Å²) in [5.41, 5.74) is 2.33. The van der Waals surface area contributed by atoms with E-state index in [1.54, 1.807) is 36.3 Å². The molecule has 1 N–H and O–H groups in total. The fraction of sp³-hybridized carbons (Fsp3) is 0.160. The van der Waals surface area contributed by atoms with Gasteiger partial charge in [-0.05, 0) is 42.8 Å². The lowest BCUT2D eigenvalue weighted by molar-refractivity contribution is 0.296. The number of halogens is 2. The Morgan fingerprint density at radius 2 is 1.94 bits per heavy atom. The third-order valence-electron chi connectivity index (χ3n) is 5.15. The average molecular weight is 527 g/mol. The largest absolute Gasteiger partial charge is 0.493 e. The number of aromatic nitrogens is 3. The van der Waals surface area contributed by atoms with E-state index < -0.39 is 5.82 Å². The van der Waals surface area contributed by atoms with Crippen LogP contribution in [0.5, 0.6) is 11.5 Å². The highest BCUT2D eigenvalue weighted by atomic mass is 35.5. The van der Waals surface area contributed by atoms with E-state index in [1.807, 2.05) is 30.3 Å². The van der Waals surface area contributed by atoms with Crippen molar-refractivity contribution in [3.8, 4) is 11.5 Å². The first kappa shape index (κ1) is 23.6. The number of rotatable bonds is 9. The molecule has 0 saturated heterocycles. The van der Waals surface area contributed by atoms with Crippen LogP contribution >= 0.6 is 34.7 Å². The number of para-hydroxylation sites is 1. The molecule has 6 nitrogen and oxygen atoms in total. The monoisotopic (exact) mass is 526 g/mol. The highest BCUT2D eigenvalue weighted by Crippen LogP contribution is 2.35. The molecule has 0 fully saturated rings. The van der Waals surface area contributed by atoms with Gasteiger partial charge < -0.3 is 14.8 Å². The maximum atomic E-state index is 13.5. The number of fused-ring (bicyclic) bond motifs is 2. The highest BCUT2D eigenvalue weighted by Gasteiger charge is 2.13. The van der Waals surface area contributed by atoms with E-state index in [-0.39, 0.29) is 5.02 Å². The number of benzene rings is 3. The van der Waals surface area contributed by atoms with Crippen molar-refractivity contribution in [1.29, 1.82) is 0 Å². The maximum Gasteiger partial charge on any atom is 0.162 e. The normalized spacial score (nSPS) is 11.2. The lowest BCUT2D eigenvalue weighted by Crippen LogP contribution is -2.02. The molecule has 35 heavy (non-hydrogen) atoms. The zero-order valence-electron chi connectivity index (χ0n) is 18.6. The Morgan fingerprint density at radius 1 is 1.06 bits per heavy atom. The fourth-order valence-corrected chi connectivity index (χ4v) is 5.69. The molecule has 0 amide bonds. The van der Waals surface area contributed by atoms with E-state index in [0.717, 1.165) is 27.4 Å². The third kappa shape index (κ3) is 5.42. The molecule has 0 aliphatic heterocycles. The molecule has 0 aliphatic carbocycles. The van der Waals surface area contributed by atoms with Crippen molar-refractivity contribution < 1.29 is 13.9 Å². The summed E-state index contributed by atoms with van der Waals surface area (Å²) in [6, 6.07) is 16.2. The summed E-state index contributed by atoms with van der Waals surface area (Å²) in [5.74, 6) is 2.14. The second-order valence-corrected chi connectivity index (χ2v) is 10.3. The van der Waals surface area contributed by atoms with E-state index in [1.165, 1.54) is 23.2 Å². The van der Waals surface area contributed by atoms with Gasteiger partial charge in [-0.3, -0.25) is 0 Å². The van der Waals surface area contributed by atoms with Gasteiger partial charge in [0.2, 0.25) is 0 Å². The van der Waals surface area contributed by atoms with Gasteiger partial charge in [0, 0.05) is 22.9 Å². The molecule has 0 saturated carbocycles. The second-order valence-electron chi connectivity index (χ2n) is 7.49. The molecule has 0 radical (unpaired) electrons. The Hall–Kier alpha value is -3.14. The number of thiazole rings is 1. The van der Waals surface area contributed by atoms with Gasteiger partial charge in [0.15, 0.2) is 15.8 Å². The van der Waals surface area contributed by atoms with Gasteiger partial charge in [0.1, 0.15) is 18.0 Å². The van der Waals surface area contributed by atoms with E-state index in [4.69, 9.17) is 21.1 Å². The molecule has 3 aromatic carbocycles. The first-order chi connectivity index (χ1) is 17.1. The van der Waals surface area contributed by atoms with Gasteiger partial charge in [0.05, 0.1) is 34.5 Å². The topological polar surface area (TPSA) is 69.2 Å². The Bertz CT molecular complexity index is 1460. The van der Waals surface area contributed by atoms with Crippen LogP contribution in [0.15, 0.2) is 65.3 Å². The molecule has 0 aliphatic rings. The zero-order chi connectivity index (χ0) is 24.2. The van der Waals surface area contributed by atoms with E-state index in [0.29, 0.717) is 35.1 Å². The van der Waals surface area contributed by atoms with Gasteiger partial charge in [-0.25, -0.2) is 19.3 Å². The first-order valence-corrected chi connectivity index (χ1v) is 12.9. The van der Waals surface area contributed by atoms with Crippen LogP contribution in [-0.4, -0.2) is 34.4 Å². The first-order valence-electron chi connectivity index (χ1n) is 10.8. The molecule has 0 atom stereocenters. The van der Waals surface area contributed by atoms with Crippen LogP contribution in [-0.2, 0) is 0 Å². The molecular weight excluding hydrogens is 507 g/mol. The second kappa shape index (κ2) is 10.6. The van der Waals surface area contributed by atoms with Crippen LogP contribution in [0.1, 0.15) is 6.42 Å². The fourth-order valence-electron chi connectivity index (χ4n) is 3.46. The third-order valence-corrected chi connectivity index (χ3v) is 7.70. The SMILES string of the molecule is COc1cc2ncnc(Nc3ccc(F)c(Cl)c3)c2cc1OCCCSc1nc2ccccc2s1. The summed E-state index contributed by atoms with van der Waals surface area (Å²) < 4.78 is 27.4. The van der Waals surface area contributed by atoms with E-state index >= 15 is 0 Å². The standard InChI is InChI=1S/C25H20ClFN4O2S2/c1-32-21-13-20-16(24(29-14-28-20)30-15-7-8-18(27)17(26)11-15)12-22(21)33-9-4-10-34-25-31-19-5-2-3-6-23(19)35-25/h2-3,5-8,11-14H,4,9-10H2,1H3,(H,28,29,30). The Kier molecular flexibility index (Phi) is 7.17. The van der Waals surface area contributed by atoms with Crippen molar-refractivity contribution in [2.45, 2.75) is 10.8 Å². The lowest BCUT2D eigenvalue weighted by Gasteiger charge is -2.14. The molecule has 178 valence electrons. The molecular formula is C25H20ClFN4O2S2. The average Bonchev–Trinajstić information content (AvgIpc) is 3.29. The minimum atomic E-state index is -0.480. The molecule has 2 aromatic heterocycles. The van der Waals surface area contributed by atoms with Crippen LogP contribution in [0.25, 0.3) is 21.1 Å². The van der Waals surface area contributed by atoms with Crippen molar-refractivity contribution in [2.24, 2.45) is 0 Å². The number of hydrogen-bond donors (Lipinski definition) is 1. The maximum absolute atomic E-state index is 13.5. The molecule has 5 aromatic rings. The Balaban J connectivity index is 1.27. The van der Waals surface area contributed by atoms with Crippen LogP contribution in [0, 0.1) is 5.82 Å². The summed E-state index contributed by atoms with van der Waals surface area (Å²) in [6.07, 6.45) is 2.29. The number of anilines is 2. The van der Waals surface area contributed by atoms with Crippen molar-refractivity contribution in [3.63, 3.8) is 0 Å². The molecule has 0 spiro atoms. The summed E-state index contributed by atoms with van der Waals surface area (Å²) in [4.78, 5) is 13.3. The van der Waals surface area contributed by atoms with Crippen LogP contribution in [0.2, 0.25) is 5.02 Å². The summed E-state index contributed by atoms with van der Waals surface area (Å²) in [6.45, 7) is 0.518. The number of thioether (sulfide) groups is 1. The number of hydrogen-bond acceptors (Lipinski definition) is 8. The molecule has 0 bridgehead atoms. The minimum Gasteiger partial charge on any atom is -0.493 e.